The molecule has 0 amide bonds. The third-order valence-electron chi connectivity index (χ3n) is 9.82. The molecule has 0 saturated carbocycles. The predicted molar refractivity (Wildman–Crippen MR) is 260 cm³/mol. The third kappa shape index (κ3) is 47.0. The van der Waals surface area contributed by atoms with Crippen LogP contribution in [-0.2, 0) is 28.6 Å². The molecule has 0 aliphatic carbocycles. The van der Waals surface area contributed by atoms with E-state index in [1.54, 1.807) is 0 Å². The Morgan fingerprint density at radius 1 is 0.361 bits per heavy atom. The number of esters is 3. The van der Waals surface area contributed by atoms with Gasteiger partial charge in [0.2, 0.25) is 0 Å². The average Bonchev–Trinajstić information content (AvgIpc) is 3.26. The zero-order chi connectivity index (χ0) is 44.4. The van der Waals surface area contributed by atoms with Crippen molar-refractivity contribution < 1.29 is 28.6 Å². The molecule has 0 aromatic carbocycles. The second-order valence-corrected chi connectivity index (χ2v) is 15.7. The van der Waals surface area contributed by atoms with Gasteiger partial charge >= 0.3 is 17.9 Å². The van der Waals surface area contributed by atoms with E-state index >= 15 is 0 Å². The molecule has 0 radical (unpaired) electrons. The van der Waals surface area contributed by atoms with Crippen LogP contribution in [0.3, 0.4) is 0 Å². The van der Waals surface area contributed by atoms with Crippen molar-refractivity contribution >= 4 is 17.9 Å². The van der Waals surface area contributed by atoms with E-state index in [1.807, 2.05) is 18.2 Å². The number of carbonyl (C=O) groups excluding carboxylic acids is 3. The van der Waals surface area contributed by atoms with Crippen LogP contribution < -0.4 is 0 Å². The van der Waals surface area contributed by atoms with Crippen molar-refractivity contribution in [1.29, 1.82) is 0 Å². The molecule has 1 unspecified atom stereocenters. The quantitative estimate of drug-likeness (QED) is 0.0200. The molecular weight excluding hydrogens is 757 g/mol. The first-order valence-electron chi connectivity index (χ1n) is 24.4. The first-order valence-corrected chi connectivity index (χ1v) is 24.4. The lowest BCUT2D eigenvalue weighted by Crippen LogP contribution is -2.30. The van der Waals surface area contributed by atoms with Crippen LogP contribution in [0.2, 0.25) is 0 Å². The molecule has 0 spiro atoms. The summed E-state index contributed by atoms with van der Waals surface area (Å²) in [5.41, 5.74) is 0. The Morgan fingerprint density at radius 3 is 1.30 bits per heavy atom. The molecule has 1 atom stereocenters. The maximum Gasteiger partial charge on any atom is 0.306 e. The molecule has 0 aliphatic rings. The minimum atomic E-state index is -0.825. The molecule has 0 heterocycles. The molecule has 0 saturated heterocycles. The van der Waals surface area contributed by atoms with Crippen molar-refractivity contribution in [3.8, 4) is 0 Å². The largest absolute Gasteiger partial charge is 0.462 e. The summed E-state index contributed by atoms with van der Waals surface area (Å²) in [5, 5.41) is 0. The number of unbranched alkanes of at least 4 members (excludes halogenated alkanes) is 15. The van der Waals surface area contributed by atoms with E-state index < -0.39 is 6.10 Å². The fraction of sp³-hybridized carbons (Fsp3) is 0.618. The molecule has 0 aromatic heterocycles. The van der Waals surface area contributed by atoms with Crippen LogP contribution >= 0.6 is 0 Å². The summed E-state index contributed by atoms with van der Waals surface area (Å²) in [5.74, 6) is -1.05. The SMILES string of the molecule is CC\C=C/C=C\C=C/CCCCCCCC(=O)OCC(COC(=O)CC/C=C\C/C=C\C/C=C\C/C=C\C/C=C\CC)OC(=O)CCCCC/C=C\CCCCCCCCC. The number of carbonyl (C=O) groups is 3. The molecule has 0 bridgehead atoms. The third-order valence-corrected chi connectivity index (χ3v) is 9.82. The topological polar surface area (TPSA) is 78.9 Å². The van der Waals surface area contributed by atoms with Crippen molar-refractivity contribution in [2.24, 2.45) is 0 Å². The summed E-state index contributed by atoms with van der Waals surface area (Å²) >= 11 is 0. The average molecular weight is 845 g/mol. The number of hydrogen-bond donors (Lipinski definition) is 0. The van der Waals surface area contributed by atoms with Crippen LogP contribution in [0.4, 0.5) is 0 Å². The second kappa shape index (κ2) is 48.7. The van der Waals surface area contributed by atoms with E-state index in [0.717, 1.165) is 109 Å². The van der Waals surface area contributed by atoms with E-state index in [0.29, 0.717) is 12.8 Å². The minimum Gasteiger partial charge on any atom is -0.462 e. The van der Waals surface area contributed by atoms with E-state index in [-0.39, 0.29) is 44.0 Å². The van der Waals surface area contributed by atoms with Crippen LogP contribution in [-0.4, -0.2) is 37.2 Å². The van der Waals surface area contributed by atoms with Gasteiger partial charge in [-0.1, -0.05) is 194 Å². The summed E-state index contributed by atoms with van der Waals surface area (Å²) in [6.07, 6.45) is 65.1. The summed E-state index contributed by atoms with van der Waals surface area (Å²) in [4.78, 5) is 37.8. The van der Waals surface area contributed by atoms with Gasteiger partial charge in [-0.05, 0) is 96.3 Å². The Bertz CT molecular complexity index is 1290. The summed E-state index contributed by atoms with van der Waals surface area (Å²) in [7, 11) is 0. The molecule has 6 nitrogen and oxygen atoms in total. The monoisotopic (exact) mass is 845 g/mol. The molecule has 0 fully saturated rings. The zero-order valence-electron chi connectivity index (χ0n) is 39.1. The van der Waals surface area contributed by atoms with Gasteiger partial charge in [-0.3, -0.25) is 14.4 Å². The Morgan fingerprint density at radius 2 is 0.754 bits per heavy atom. The maximum atomic E-state index is 12.8. The van der Waals surface area contributed by atoms with Crippen molar-refractivity contribution in [3.63, 3.8) is 0 Å². The van der Waals surface area contributed by atoms with Gasteiger partial charge in [0.1, 0.15) is 13.2 Å². The highest BCUT2D eigenvalue weighted by molar-refractivity contribution is 5.71. The van der Waals surface area contributed by atoms with Crippen LogP contribution in [0.1, 0.15) is 201 Å². The van der Waals surface area contributed by atoms with E-state index in [1.165, 1.54) is 44.9 Å². The first kappa shape index (κ1) is 57.1. The van der Waals surface area contributed by atoms with Gasteiger partial charge in [0.05, 0.1) is 0 Å². The van der Waals surface area contributed by atoms with E-state index in [9.17, 15) is 14.4 Å². The highest BCUT2D eigenvalue weighted by Gasteiger charge is 2.19. The molecule has 344 valence electrons. The molecule has 0 aliphatic heterocycles. The predicted octanol–water partition coefficient (Wildman–Crippen LogP) is 16.0. The van der Waals surface area contributed by atoms with E-state index in [4.69, 9.17) is 14.2 Å². The van der Waals surface area contributed by atoms with Crippen molar-refractivity contribution in [2.75, 3.05) is 13.2 Å². The Kier molecular flexibility index (Phi) is 45.6. The molecule has 0 rings (SSSR count). The highest BCUT2D eigenvalue weighted by atomic mass is 16.6. The van der Waals surface area contributed by atoms with Crippen molar-refractivity contribution in [3.05, 3.63) is 109 Å². The number of ether oxygens (including phenoxy) is 3. The lowest BCUT2D eigenvalue weighted by Gasteiger charge is -2.18. The standard InChI is InChI=1S/C55H88O6/c1-4-7-10-13-16-19-22-25-27-28-31-33-36-39-42-45-48-54(57)60-51-52(50-59-53(56)47-44-41-38-35-32-29-24-21-18-15-12-9-6-3)61-55(58)49-46-43-40-37-34-30-26-23-20-17-14-11-8-5-2/h7,9-10,12,15-16,18-19,21,24-25,27,30-31,33-34,39,42,52H,4-6,8,11,13-14,17,20,22-23,26,28-29,32,35-38,40-41,43-51H2,1-3H3/b10-7-,12-9-,18-15-,19-16-,24-21-,27-25-,33-31-,34-30-,42-39-. The molecule has 0 N–H and O–H groups in total. The summed E-state index contributed by atoms with van der Waals surface area (Å²) in [6, 6.07) is 0. The van der Waals surface area contributed by atoms with Gasteiger partial charge in [0.15, 0.2) is 6.10 Å². The number of hydrogen-bond acceptors (Lipinski definition) is 6. The van der Waals surface area contributed by atoms with Gasteiger partial charge in [0.25, 0.3) is 0 Å². The van der Waals surface area contributed by atoms with Crippen LogP contribution in [0.5, 0.6) is 0 Å². The fourth-order valence-electron chi connectivity index (χ4n) is 6.19. The normalized spacial score (nSPS) is 13.0. The first-order chi connectivity index (χ1) is 30.0. The molecule has 6 heteroatoms. The van der Waals surface area contributed by atoms with Crippen molar-refractivity contribution in [1.82, 2.24) is 0 Å². The van der Waals surface area contributed by atoms with Gasteiger partial charge in [-0.15, -0.1) is 0 Å². The van der Waals surface area contributed by atoms with Crippen LogP contribution in [0.25, 0.3) is 0 Å². The van der Waals surface area contributed by atoms with Gasteiger partial charge in [-0.25, -0.2) is 0 Å². The fourth-order valence-corrected chi connectivity index (χ4v) is 6.19. The summed E-state index contributed by atoms with van der Waals surface area (Å²) in [6.45, 7) is 6.27. The Labute approximate surface area is 374 Å². The van der Waals surface area contributed by atoms with E-state index in [2.05, 4.69) is 112 Å². The number of allylic oxidation sites excluding steroid dienone is 18. The second-order valence-electron chi connectivity index (χ2n) is 15.7. The molecule has 0 aromatic rings. The number of rotatable bonds is 42. The van der Waals surface area contributed by atoms with Gasteiger partial charge in [0, 0.05) is 19.3 Å². The lowest BCUT2D eigenvalue weighted by molar-refractivity contribution is -0.166. The molecule has 61 heavy (non-hydrogen) atoms. The van der Waals surface area contributed by atoms with Gasteiger partial charge < -0.3 is 14.2 Å². The van der Waals surface area contributed by atoms with Crippen LogP contribution in [0, 0.1) is 0 Å². The highest BCUT2D eigenvalue weighted by Crippen LogP contribution is 2.12. The Hall–Kier alpha value is -3.93. The van der Waals surface area contributed by atoms with Crippen LogP contribution in [0.15, 0.2) is 109 Å². The smallest absolute Gasteiger partial charge is 0.306 e. The zero-order valence-corrected chi connectivity index (χ0v) is 39.1. The lowest BCUT2D eigenvalue weighted by atomic mass is 10.1. The minimum absolute atomic E-state index is 0.120. The molecular formula is C55H88O6. The summed E-state index contributed by atoms with van der Waals surface area (Å²) < 4.78 is 16.7. The Balaban J connectivity index is 4.56. The maximum absolute atomic E-state index is 12.8. The van der Waals surface area contributed by atoms with Gasteiger partial charge in [-0.2, -0.15) is 0 Å². The van der Waals surface area contributed by atoms with Crippen molar-refractivity contribution in [2.45, 2.75) is 207 Å².